The van der Waals surface area contributed by atoms with Crippen molar-refractivity contribution in [3.05, 3.63) is 30.7 Å². The predicted molar refractivity (Wildman–Crippen MR) is 49.4 cm³/mol. The Balaban J connectivity index is 2.15. The van der Waals surface area contributed by atoms with Crippen LogP contribution < -0.4 is 0 Å². The van der Waals surface area contributed by atoms with Crippen LogP contribution in [0, 0.1) is 0 Å². The minimum atomic E-state index is 0.723. The SMILES string of the molecule is Cn1cnc(Sc2ccccn2)n1. The van der Waals surface area contributed by atoms with E-state index in [0.29, 0.717) is 0 Å². The summed E-state index contributed by atoms with van der Waals surface area (Å²) in [5, 5.41) is 5.77. The Bertz CT molecular complexity index is 384. The van der Waals surface area contributed by atoms with Crippen LogP contribution in [0.25, 0.3) is 0 Å². The fraction of sp³-hybridized carbons (Fsp3) is 0.125. The molecule has 0 fully saturated rings. The van der Waals surface area contributed by atoms with Crippen LogP contribution in [0.15, 0.2) is 40.9 Å². The van der Waals surface area contributed by atoms with Gasteiger partial charge in [0.1, 0.15) is 11.4 Å². The highest BCUT2D eigenvalue weighted by Crippen LogP contribution is 2.20. The molecule has 0 atom stereocenters. The summed E-state index contributed by atoms with van der Waals surface area (Å²) in [4.78, 5) is 8.24. The molecule has 0 amide bonds. The highest BCUT2D eigenvalue weighted by atomic mass is 32.2. The summed E-state index contributed by atoms with van der Waals surface area (Å²) in [5.74, 6) is 0. The molecule has 0 radical (unpaired) electrons. The summed E-state index contributed by atoms with van der Waals surface area (Å²) < 4.78 is 1.67. The highest BCUT2D eigenvalue weighted by molar-refractivity contribution is 7.99. The molecule has 66 valence electrons. The van der Waals surface area contributed by atoms with Gasteiger partial charge in [0.15, 0.2) is 0 Å². The van der Waals surface area contributed by atoms with Gasteiger partial charge in [0.05, 0.1) is 0 Å². The minimum Gasteiger partial charge on any atom is -0.255 e. The minimum absolute atomic E-state index is 0.723. The Morgan fingerprint density at radius 2 is 2.23 bits per heavy atom. The Labute approximate surface area is 80.0 Å². The molecule has 0 aliphatic carbocycles. The van der Waals surface area contributed by atoms with E-state index < -0.39 is 0 Å². The van der Waals surface area contributed by atoms with Crippen molar-refractivity contribution in [1.29, 1.82) is 0 Å². The molecule has 2 aromatic rings. The molecule has 0 N–H and O–H groups in total. The van der Waals surface area contributed by atoms with Crippen LogP contribution in [0.2, 0.25) is 0 Å². The lowest BCUT2D eigenvalue weighted by Gasteiger charge is -1.92. The van der Waals surface area contributed by atoms with Gasteiger partial charge in [-0.15, -0.1) is 5.10 Å². The van der Waals surface area contributed by atoms with E-state index >= 15 is 0 Å². The monoisotopic (exact) mass is 192 g/mol. The fourth-order valence-corrected chi connectivity index (χ4v) is 1.58. The molecule has 0 aliphatic heterocycles. The van der Waals surface area contributed by atoms with Crippen molar-refractivity contribution in [2.24, 2.45) is 7.05 Å². The smallest absolute Gasteiger partial charge is 0.214 e. The van der Waals surface area contributed by atoms with Crippen LogP contribution in [-0.4, -0.2) is 19.7 Å². The molecule has 13 heavy (non-hydrogen) atoms. The summed E-state index contributed by atoms with van der Waals surface area (Å²) in [5.41, 5.74) is 0. The number of pyridine rings is 1. The number of rotatable bonds is 2. The van der Waals surface area contributed by atoms with Crippen molar-refractivity contribution in [3.8, 4) is 0 Å². The van der Waals surface area contributed by atoms with Gasteiger partial charge in [-0.2, -0.15) is 0 Å². The molecular formula is C8H8N4S. The van der Waals surface area contributed by atoms with Gasteiger partial charge in [0, 0.05) is 13.2 Å². The second-order valence-electron chi connectivity index (χ2n) is 2.47. The molecule has 0 saturated carbocycles. The van der Waals surface area contributed by atoms with Gasteiger partial charge in [-0.05, 0) is 23.9 Å². The third kappa shape index (κ3) is 2.06. The van der Waals surface area contributed by atoms with Gasteiger partial charge in [-0.3, -0.25) is 4.68 Å². The molecule has 2 rings (SSSR count). The molecule has 2 heterocycles. The quantitative estimate of drug-likeness (QED) is 0.720. The van der Waals surface area contributed by atoms with E-state index in [1.165, 1.54) is 11.8 Å². The lowest BCUT2D eigenvalue weighted by Crippen LogP contribution is -1.86. The van der Waals surface area contributed by atoms with E-state index in [4.69, 9.17) is 0 Å². The number of nitrogens with zero attached hydrogens (tertiary/aromatic N) is 4. The molecule has 5 heteroatoms. The van der Waals surface area contributed by atoms with Crippen LogP contribution in [0.3, 0.4) is 0 Å². The van der Waals surface area contributed by atoms with E-state index in [9.17, 15) is 0 Å². The summed E-state index contributed by atoms with van der Waals surface area (Å²) in [6, 6.07) is 5.76. The van der Waals surface area contributed by atoms with Crippen molar-refractivity contribution < 1.29 is 0 Å². The average Bonchev–Trinajstić information content (AvgIpc) is 2.53. The summed E-state index contributed by atoms with van der Waals surface area (Å²) in [6.07, 6.45) is 3.43. The highest BCUT2D eigenvalue weighted by Gasteiger charge is 2.01. The number of hydrogen-bond acceptors (Lipinski definition) is 4. The van der Waals surface area contributed by atoms with E-state index in [2.05, 4.69) is 15.1 Å². The number of hydrogen-bond donors (Lipinski definition) is 0. The predicted octanol–water partition coefficient (Wildman–Crippen LogP) is 1.36. The molecule has 0 spiro atoms. The van der Waals surface area contributed by atoms with Crippen LogP contribution in [0.5, 0.6) is 0 Å². The standard InChI is InChI=1S/C8H8N4S/c1-12-6-10-8(11-12)13-7-4-2-3-5-9-7/h2-6H,1H3. The molecule has 0 unspecified atom stereocenters. The Hall–Kier alpha value is -1.36. The maximum atomic E-state index is 4.16. The zero-order valence-corrected chi connectivity index (χ0v) is 7.90. The van der Waals surface area contributed by atoms with Crippen molar-refractivity contribution in [2.45, 2.75) is 10.2 Å². The van der Waals surface area contributed by atoms with Crippen molar-refractivity contribution in [1.82, 2.24) is 19.7 Å². The third-order valence-electron chi connectivity index (χ3n) is 1.41. The molecule has 0 bridgehead atoms. The number of aromatic nitrogens is 4. The van der Waals surface area contributed by atoms with Gasteiger partial charge < -0.3 is 0 Å². The zero-order valence-electron chi connectivity index (χ0n) is 7.08. The fourth-order valence-electron chi connectivity index (χ4n) is 0.867. The first kappa shape index (κ1) is 8.25. The van der Waals surface area contributed by atoms with E-state index in [-0.39, 0.29) is 0 Å². The van der Waals surface area contributed by atoms with Crippen molar-refractivity contribution in [3.63, 3.8) is 0 Å². The van der Waals surface area contributed by atoms with Crippen molar-refractivity contribution in [2.75, 3.05) is 0 Å². The van der Waals surface area contributed by atoms with Crippen LogP contribution in [0.1, 0.15) is 0 Å². The third-order valence-corrected chi connectivity index (χ3v) is 2.23. The Kier molecular flexibility index (Phi) is 2.27. The van der Waals surface area contributed by atoms with E-state index in [1.54, 1.807) is 17.2 Å². The second-order valence-corrected chi connectivity index (χ2v) is 3.46. The lowest BCUT2D eigenvalue weighted by atomic mass is 10.5. The molecular weight excluding hydrogens is 184 g/mol. The first-order valence-electron chi connectivity index (χ1n) is 3.79. The molecule has 0 saturated heterocycles. The first-order chi connectivity index (χ1) is 6.34. The zero-order chi connectivity index (χ0) is 9.10. The molecule has 0 aliphatic rings. The average molecular weight is 192 g/mol. The topological polar surface area (TPSA) is 43.6 Å². The van der Waals surface area contributed by atoms with E-state index in [0.717, 1.165) is 10.2 Å². The maximum absolute atomic E-state index is 4.16. The molecule has 0 aromatic carbocycles. The van der Waals surface area contributed by atoms with Crippen molar-refractivity contribution >= 4 is 11.8 Å². The lowest BCUT2D eigenvalue weighted by molar-refractivity contribution is 0.737. The normalized spacial score (nSPS) is 10.2. The maximum Gasteiger partial charge on any atom is 0.214 e. The summed E-state index contributed by atoms with van der Waals surface area (Å²) in [7, 11) is 1.84. The molecule has 2 aromatic heterocycles. The van der Waals surface area contributed by atoms with Crippen LogP contribution >= 0.6 is 11.8 Å². The van der Waals surface area contributed by atoms with Gasteiger partial charge in [0.2, 0.25) is 5.16 Å². The van der Waals surface area contributed by atoms with Crippen LogP contribution in [0.4, 0.5) is 0 Å². The second kappa shape index (κ2) is 3.57. The van der Waals surface area contributed by atoms with Gasteiger partial charge >= 0.3 is 0 Å². The van der Waals surface area contributed by atoms with Gasteiger partial charge in [-0.25, -0.2) is 9.97 Å². The summed E-state index contributed by atoms with van der Waals surface area (Å²) in [6.45, 7) is 0. The number of aryl methyl sites for hydroxylation is 1. The largest absolute Gasteiger partial charge is 0.255 e. The summed E-state index contributed by atoms with van der Waals surface area (Å²) >= 11 is 1.45. The van der Waals surface area contributed by atoms with E-state index in [1.807, 2.05) is 25.2 Å². The molecule has 4 nitrogen and oxygen atoms in total. The van der Waals surface area contributed by atoms with Gasteiger partial charge in [0.25, 0.3) is 0 Å². The van der Waals surface area contributed by atoms with Gasteiger partial charge in [-0.1, -0.05) is 6.07 Å². The van der Waals surface area contributed by atoms with Crippen LogP contribution in [-0.2, 0) is 7.05 Å². The Morgan fingerprint density at radius 3 is 2.85 bits per heavy atom. The Morgan fingerprint density at radius 1 is 1.31 bits per heavy atom. The first-order valence-corrected chi connectivity index (χ1v) is 4.61.